The van der Waals surface area contributed by atoms with Gasteiger partial charge in [0.25, 0.3) is 0 Å². The molecular formula is C32H36ClN5O3. The molecule has 8 nitrogen and oxygen atoms in total. The first-order chi connectivity index (χ1) is 19.6. The van der Waals surface area contributed by atoms with Crippen molar-refractivity contribution in [2.45, 2.75) is 46.1 Å². The Morgan fingerprint density at radius 2 is 1.56 bits per heavy atom. The van der Waals surface area contributed by atoms with E-state index in [-0.39, 0.29) is 18.5 Å². The van der Waals surface area contributed by atoms with Gasteiger partial charge in [-0.25, -0.2) is 15.0 Å². The van der Waals surface area contributed by atoms with Gasteiger partial charge in [-0.3, -0.25) is 0 Å². The van der Waals surface area contributed by atoms with E-state index in [2.05, 4.69) is 29.4 Å². The van der Waals surface area contributed by atoms with E-state index in [0.29, 0.717) is 37.7 Å². The van der Waals surface area contributed by atoms with Crippen LogP contribution in [0.15, 0.2) is 85.2 Å². The second-order valence-electron chi connectivity index (χ2n) is 9.63. The Kier molecular flexibility index (Phi) is 10.5. The van der Waals surface area contributed by atoms with Crippen LogP contribution >= 0.6 is 12.4 Å². The molecule has 0 aromatic heterocycles. The molecule has 3 aromatic rings. The van der Waals surface area contributed by atoms with Crippen LogP contribution in [0.25, 0.3) is 11.5 Å². The van der Waals surface area contributed by atoms with Crippen LogP contribution in [-0.2, 0) is 30.9 Å². The molecule has 0 spiro atoms. The SMILES string of the molecule is CCNc1ncn(Cc2ccc(OC)c(OCc3ccccc3)c2)c2nc(CC(C)OCc3ccccc3)nc1-2.Cl. The first-order valence-corrected chi connectivity index (χ1v) is 13.6. The average molecular weight is 574 g/mol. The minimum atomic E-state index is -0.0353. The number of benzene rings is 3. The summed E-state index contributed by atoms with van der Waals surface area (Å²) in [6, 6.07) is 26.2. The van der Waals surface area contributed by atoms with Crippen molar-refractivity contribution in [3.8, 4) is 23.0 Å². The van der Waals surface area contributed by atoms with Crippen molar-refractivity contribution in [3.63, 3.8) is 0 Å². The third kappa shape index (κ3) is 7.74. The second kappa shape index (κ2) is 14.5. The Bertz CT molecular complexity index is 1480. The van der Waals surface area contributed by atoms with Gasteiger partial charge in [0.2, 0.25) is 0 Å². The van der Waals surface area contributed by atoms with Gasteiger partial charge in [0.05, 0.1) is 32.7 Å². The molecule has 0 radical (unpaired) electrons. The number of ether oxygens (including phenoxy) is 3. The molecule has 214 valence electrons. The highest BCUT2D eigenvalue weighted by atomic mass is 35.5. The summed E-state index contributed by atoms with van der Waals surface area (Å²) in [5.74, 6) is 3.62. The molecule has 2 aliphatic rings. The highest BCUT2D eigenvalue weighted by molar-refractivity contribution is 5.85. The number of hydrogen-bond acceptors (Lipinski definition) is 7. The number of imidazole rings is 1. The number of nitrogens with zero attached hydrogens (tertiary/aromatic N) is 4. The lowest BCUT2D eigenvalue weighted by atomic mass is 10.2. The van der Waals surface area contributed by atoms with Crippen LogP contribution in [0.5, 0.6) is 11.5 Å². The zero-order valence-electron chi connectivity index (χ0n) is 23.6. The summed E-state index contributed by atoms with van der Waals surface area (Å²) in [5.41, 5.74) is 4.03. The minimum absolute atomic E-state index is 0. The summed E-state index contributed by atoms with van der Waals surface area (Å²) >= 11 is 0. The largest absolute Gasteiger partial charge is 0.493 e. The predicted octanol–water partition coefficient (Wildman–Crippen LogP) is 6.42. The molecule has 2 aliphatic heterocycles. The molecule has 1 atom stereocenters. The summed E-state index contributed by atoms with van der Waals surface area (Å²) in [6.07, 6.45) is 2.38. The highest BCUT2D eigenvalue weighted by Gasteiger charge is 2.21. The van der Waals surface area contributed by atoms with Gasteiger partial charge in [-0.2, -0.15) is 0 Å². The van der Waals surface area contributed by atoms with E-state index in [0.717, 1.165) is 46.4 Å². The van der Waals surface area contributed by atoms with E-state index in [9.17, 15) is 0 Å². The number of hydrogen-bond donors (Lipinski definition) is 1. The maximum Gasteiger partial charge on any atom is 0.166 e. The van der Waals surface area contributed by atoms with Crippen LogP contribution < -0.4 is 14.8 Å². The molecule has 0 amide bonds. The Morgan fingerprint density at radius 1 is 0.854 bits per heavy atom. The first kappa shape index (κ1) is 29.8. The van der Waals surface area contributed by atoms with Crippen LogP contribution in [0.2, 0.25) is 0 Å². The molecule has 0 fully saturated rings. The first-order valence-electron chi connectivity index (χ1n) is 13.6. The molecule has 0 aliphatic carbocycles. The lowest BCUT2D eigenvalue weighted by molar-refractivity contribution is 0.0524. The van der Waals surface area contributed by atoms with E-state index < -0.39 is 0 Å². The Labute approximate surface area is 247 Å². The fourth-order valence-corrected chi connectivity index (χ4v) is 4.48. The smallest absolute Gasteiger partial charge is 0.166 e. The fourth-order valence-electron chi connectivity index (χ4n) is 4.48. The van der Waals surface area contributed by atoms with Crippen LogP contribution in [0.1, 0.15) is 36.4 Å². The van der Waals surface area contributed by atoms with Crippen LogP contribution in [0, 0.1) is 0 Å². The van der Waals surface area contributed by atoms with Gasteiger partial charge in [0.1, 0.15) is 12.4 Å². The van der Waals surface area contributed by atoms with Crippen molar-refractivity contribution >= 4 is 18.2 Å². The fraction of sp³-hybridized carbons (Fsp3) is 0.281. The minimum Gasteiger partial charge on any atom is -0.493 e. The van der Waals surface area contributed by atoms with E-state index in [1.54, 1.807) is 7.11 Å². The van der Waals surface area contributed by atoms with Crippen molar-refractivity contribution in [2.75, 3.05) is 19.0 Å². The third-order valence-corrected chi connectivity index (χ3v) is 6.52. The Balaban J connectivity index is 0.00000387. The van der Waals surface area contributed by atoms with Gasteiger partial charge in [0.15, 0.2) is 28.8 Å². The zero-order valence-corrected chi connectivity index (χ0v) is 24.4. The number of fused-ring (bicyclic) bond motifs is 1. The van der Waals surface area contributed by atoms with E-state index in [4.69, 9.17) is 24.2 Å². The van der Waals surface area contributed by atoms with Gasteiger partial charge >= 0.3 is 0 Å². The number of nitrogens with one attached hydrogen (secondary N) is 1. The van der Waals surface area contributed by atoms with Gasteiger partial charge in [-0.05, 0) is 42.7 Å². The molecular weight excluding hydrogens is 538 g/mol. The maximum atomic E-state index is 6.13. The van der Waals surface area contributed by atoms with Gasteiger partial charge < -0.3 is 24.1 Å². The summed E-state index contributed by atoms with van der Waals surface area (Å²) in [4.78, 5) is 14.4. The zero-order chi connectivity index (χ0) is 27.7. The number of aromatic nitrogens is 4. The van der Waals surface area contributed by atoms with Crippen molar-refractivity contribution in [1.29, 1.82) is 0 Å². The molecule has 1 unspecified atom stereocenters. The number of anilines is 1. The lowest BCUT2D eigenvalue weighted by Crippen LogP contribution is -2.12. The van der Waals surface area contributed by atoms with Crippen LogP contribution in [0.4, 0.5) is 5.82 Å². The number of rotatable bonds is 13. The molecule has 0 saturated heterocycles. The quantitative estimate of drug-likeness (QED) is 0.174. The van der Waals surface area contributed by atoms with E-state index in [1.807, 2.05) is 84.5 Å². The van der Waals surface area contributed by atoms with Crippen LogP contribution in [-0.4, -0.2) is 39.3 Å². The molecule has 0 saturated carbocycles. The summed E-state index contributed by atoms with van der Waals surface area (Å²) in [7, 11) is 1.65. The maximum absolute atomic E-state index is 6.13. The van der Waals surface area contributed by atoms with E-state index in [1.165, 1.54) is 0 Å². The monoisotopic (exact) mass is 573 g/mol. The van der Waals surface area contributed by atoms with Gasteiger partial charge in [-0.1, -0.05) is 66.7 Å². The Morgan fingerprint density at radius 3 is 2.24 bits per heavy atom. The average Bonchev–Trinajstić information content (AvgIpc) is 3.42. The standard InChI is InChI=1S/C32H35N5O3.ClH/c1-4-33-31-30-32(36-29(35-30)17-23(2)39-20-24-11-7-5-8-12-24)37(22-34-31)19-26-15-16-27(38-3)28(18-26)40-21-25-13-9-6-10-14-25;/h5-16,18,22-23,33H,4,17,19-21H2,1-3H3;1H. The molecule has 0 bridgehead atoms. The van der Waals surface area contributed by atoms with Gasteiger partial charge in [0, 0.05) is 13.0 Å². The predicted molar refractivity (Wildman–Crippen MR) is 163 cm³/mol. The highest BCUT2D eigenvalue weighted by Crippen LogP contribution is 2.31. The molecule has 1 N–H and O–H groups in total. The molecule has 5 rings (SSSR count). The number of methoxy groups -OCH3 is 1. The van der Waals surface area contributed by atoms with Gasteiger partial charge in [-0.15, -0.1) is 12.4 Å². The summed E-state index contributed by atoms with van der Waals surface area (Å²) in [5, 5.41) is 3.32. The summed E-state index contributed by atoms with van der Waals surface area (Å²) < 4.78 is 19.8. The van der Waals surface area contributed by atoms with Crippen molar-refractivity contribution < 1.29 is 14.2 Å². The molecule has 41 heavy (non-hydrogen) atoms. The van der Waals surface area contributed by atoms with E-state index >= 15 is 0 Å². The second-order valence-corrected chi connectivity index (χ2v) is 9.63. The number of halogens is 1. The molecule has 9 heteroatoms. The normalized spacial score (nSPS) is 11.6. The molecule has 3 aromatic carbocycles. The van der Waals surface area contributed by atoms with Crippen LogP contribution in [0.3, 0.4) is 0 Å². The van der Waals surface area contributed by atoms with Crippen molar-refractivity contribution in [1.82, 2.24) is 19.5 Å². The molecule has 2 heterocycles. The third-order valence-electron chi connectivity index (χ3n) is 6.52. The van der Waals surface area contributed by atoms with Crippen molar-refractivity contribution in [3.05, 3.63) is 108 Å². The van der Waals surface area contributed by atoms with Crippen molar-refractivity contribution in [2.24, 2.45) is 0 Å². The lowest BCUT2D eigenvalue weighted by Gasteiger charge is -2.15. The topological polar surface area (TPSA) is 83.3 Å². The Hall–Kier alpha value is -4.14. The summed E-state index contributed by atoms with van der Waals surface area (Å²) in [6.45, 7) is 6.40.